The maximum atomic E-state index is 13.5. The SMILES string of the molecule is COC(=O)N[C@@H](C)C(=O)N1CCC[C@H]1c1ncc(-c2ccc(-c3ccc(-c4cnc([C@@H]5CCCN5C(=O)[C@H](C)NC(=O)OC)[nH]4)c4c3C3CCC4N3c3ccccc3)cc2)[nH]1. The molecule has 4 amide bonds. The van der Waals surface area contributed by atoms with Crippen LogP contribution in [0.5, 0.6) is 0 Å². The third-order valence-electron chi connectivity index (χ3n) is 12.9. The molecule has 5 aromatic rings. The first-order chi connectivity index (χ1) is 29.6. The number of aromatic nitrogens is 4. The van der Waals surface area contributed by atoms with Crippen molar-refractivity contribution < 1.29 is 28.7 Å². The number of aromatic amines is 2. The van der Waals surface area contributed by atoms with Gasteiger partial charge in [0.05, 0.1) is 62.2 Å². The topological polar surface area (TPSA) is 178 Å². The number of hydrogen-bond donors (Lipinski definition) is 4. The van der Waals surface area contributed by atoms with E-state index in [-0.39, 0.29) is 36.0 Å². The van der Waals surface area contributed by atoms with Crippen LogP contribution in [0, 0.1) is 0 Å². The van der Waals surface area contributed by atoms with E-state index >= 15 is 0 Å². The monoisotopic (exact) mass is 825 g/mol. The molecule has 2 unspecified atom stereocenters. The number of alkyl carbamates (subject to hydrolysis) is 2. The number of H-pyrrole nitrogens is 2. The summed E-state index contributed by atoms with van der Waals surface area (Å²) < 4.78 is 9.42. The summed E-state index contributed by atoms with van der Waals surface area (Å²) in [7, 11) is 2.56. The van der Waals surface area contributed by atoms with E-state index < -0.39 is 24.3 Å². The summed E-state index contributed by atoms with van der Waals surface area (Å²) in [6, 6.07) is 22.2. The van der Waals surface area contributed by atoms with Crippen LogP contribution in [0.4, 0.5) is 15.3 Å². The highest BCUT2D eigenvalue weighted by molar-refractivity contribution is 5.87. The Balaban J connectivity index is 1.00. The standard InChI is InChI=1S/C46H51N9O6/c1-26(49-45(58)60-3)43(56)53-22-8-12-37(53)41-47-24-33(51-41)29-16-14-28(15-17-29)31-18-19-32(40-36-21-20-35(39(31)40)55(36)30-10-6-5-7-11-30)34-25-48-42(52-34)38-13-9-23-54(38)44(57)27(2)50-46(59)61-4/h5-7,10-11,14-19,24-27,35-38H,8-9,12-13,20-23H2,1-4H3,(H,47,51)(H,48,52)(H,49,58)(H,50,59)/t26-,27-,35?,36?,37-,38-/m0/s1. The number of carbonyl (C=O) groups excluding carboxylic acids is 4. The number of likely N-dealkylation sites (tertiary alicyclic amines) is 2. The fourth-order valence-corrected chi connectivity index (χ4v) is 10.0. The summed E-state index contributed by atoms with van der Waals surface area (Å²) in [5, 5.41) is 5.19. The smallest absolute Gasteiger partial charge is 0.407 e. The van der Waals surface area contributed by atoms with E-state index in [1.54, 1.807) is 18.7 Å². The molecule has 2 bridgehead atoms. The zero-order valence-electron chi connectivity index (χ0n) is 34.8. The second kappa shape index (κ2) is 16.4. The van der Waals surface area contributed by atoms with Gasteiger partial charge >= 0.3 is 12.2 Å². The van der Waals surface area contributed by atoms with Crippen molar-refractivity contribution in [3.8, 4) is 33.6 Å². The van der Waals surface area contributed by atoms with E-state index in [1.165, 1.54) is 36.6 Å². The minimum absolute atomic E-state index is 0.167. The number of amides is 4. The number of imidazole rings is 2. The van der Waals surface area contributed by atoms with Gasteiger partial charge in [-0.3, -0.25) is 9.59 Å². The molecule has 6 atom stereocenters. The van der Waals surface area contributed by atoms with Gasteiger partial charge in [0.25, 0.3) is 0 Å². The Hall–Kier alpha value is -6.64. The molecule has 15 nitrogen and oxygen atoms in total. The fourth-order valence-electron chi connectivity index (χ4n) is 10.0. The summed E-state index contributed by atoms with van der Waals surface area (Å²) in [6.07, 6.45) is 7.76. The third-order valence-corrected chi connectivity index (χ3v) is 12.9. The van der Waals surface area contributed by atoms with Crippen molar-refractivity contribution in [3.05, 3.63) is 102 Å². The van der Waals surface area contributed by atoms with Gasteiger partial charge in [0, 0.05) is 24.3 Å². The Kier molecular flexibility index (Phi) is 10.7. The number of fused-ring (bicyclic) bond motifs is 5. The van der Waals surface area contributed by atoms with Crippen LogP contribution in [0.1, 0.15) is 99.3 Å². The molecule has 3 fully saturated rings. The van der Waals surface area contributed by atoms with Crippen LogP contribution in [0.25, 0.3) is 33.6 Å². The van der Waals surface area contributed by atoms with Crippen LogP contribution in [-0.2, 0) is 19.1 Å². The van der Waals surface area contributed by atoms with E-state index in [0.29, 0.717) is 13.1 Å². The molecular formula is C46H51N9O6. The Bertz CT molecular complexity index is 2450. The number of para-hydroxylation sites is 1. The minimum Gasteiger partial charge on any atom is -0.453 e. The molecule has 316 valence electrons. The first-order valence-corrected chi connectivity index (χ1v) is 21.2. The number of nitrogens with one attached hydrogen (secondary N) is 4. The van der Waals surface area contributed by atoms with Gasteiger partial charge in [0.1, 0.15) is 23.7 Å². The predicted octanol–water partition coefficient (Wildman–Crippen LogP) is 7.35. The zero-order valence-corrected chi connectivity index (χ0v) is 34.8. The molecule has 4 aliphatic heterocycles. The summed E-state index contributed by atoms with van der Waals surface area (Å²) in [4.78, 5) is 73.3. The lowest BCUT2D eigenvalue weighted by atomic mass is 9.82. The normalized spacial score (nSPS) is 21.3. The van der Waals surface area contributed by atoms with Gasteiger partial charge < -0.3 is 44.8 Å². The molecule has 4 N–H and O–H groups in total. The number of nitrogens with zero attached hydrogens (tertiary/aromatic N) is 5. The molecule has 3 saturated heterocycles. The van der Waals surface area contributed by atoms with Crippen LogP contribution in [0.3, 0.4) is 0 Å². The number of ether oxygens (including phenoxy) is 2. The minimum atomic E-state index is -0.725. The summed E-state index contributed by atoms with van der Waals surface area (Å²) in [5.74, 6) is 1.12. The molecule has 2 aromatic heterocycles. The van der Waals surface area contributed by atoms with Crippen LogP contribution in [-0.4, -0.2) is 93.1 Å². The highest BCUT2D eigenvalue weighted by Crippen LogP contribution is 2.59. The summed E-state index contributed by atoms with van der Waals surface area (Å²) in [5.41, 5.74) is 10.0. The third kappa shape index (κ3) is 7.25. The van der Waals surface area contributed by atoms with Gasteiger partial charge in [-0.05, 0) is 92.3 Å². The lowest BCUT2D eigenvalue weighted by Gasteiger charge is -2.26. The van der Waals surface area contributed by atoms with E-state index in [9.17, 15) is 19.2 Å². The molecule has 0 saturated carbocycles. The first kappa shape index (κ1) is 39.8. The molecule has 0 radical (unpaired) electrons. The summed E-state index contributed by atoms with van der Waals surface area (Å²) in [6.45, 7) is 4.51. The van der Waals surface area contributed by atoms with Crippen LogP contribution < -0.4 is 15.5 Å². The van der Waals surface area contributed by atoms with Crippen molar-refractivity contribution in [1.82, 2.24) is 40.4 Å². The predicted molar refractivity (Wildman–Crippen MR) is 228 cm³/mol. The van der Waals surface area contributed by atoms with E-state index in [0.717, 1.165) is 78.3 Å². The molecule has 6 heterocycles. The lowest BCUT2D eigenvalue weighted by molar-refractivity contribution is -0.134. The van der Waals surface area contributed by atoms with E-state index in [1.807, 2.05) is 17.3 Å². The van der Waals surface area contributed by atoms with Crippen LogP contribution >= 0.6 is 0 Å². The van der Waals surface area contributed by atoms with Crippen LogP contribution in [0.2, 0.25) is 0 Å². The second-order valence-electron chi connectivity index (χ2n) is 16.4. The molecule has 9 rings (SSSR count). The van der Waals surface area contributed by atoms with Crippen molar-refractivity contribution in [2.45, 2.75) is 88.6 Å². The van der Waals surface area contributed by atoms with Gasteiger partial charge in [-0.15, -0.1) is 0 Å². The average Bonchev–Trinajstić information content (AvgIpc) is 4.16. The summed E-state index contributed by atoms with van der Waals surface area (Å²) >= 11 is 0. The Labute approximate surface area is 354 Å². The number of rotatable bonds is 10. The van der Waals surface area contributed by atoms with Crippen LogP contribution in [0.15, 0.2) is 79.1 Å². The van der Waals surface area contributed by atoms with Gasteiger partial charge in [-0.2, -0.15) is 0 Å². The number of benzene rings is 3. The lowest BCUT2D eigenvalue weighted by Crippen LogP contribution is -2.46. The highest BCUT2D eigenvalue weighted by atomic mass is 16.5. The maximum Gasteiger partial charge on any atom is 0.407 e. The van der Waals surface area contributed by atoms with Gasteiger partial charge in [-0.1, -0.05) is 54.6 Å². The van der Waals surface area contributed by atoms with Crippen molar-refractivity contribution in [2.75, 3.05) is 32.2 Å². The molecule has 3 aromatic carbocycles. The molecule has 15 heteroatoms. The number of hydrogen-bond acceptors (Lipinski definition) is 9. The number of carbonyl (C=O) groups is 4. The average molecular weight is 826 g/mol. The Morgan fingerprint density at radius 2 is 1.11 bits per heavy atom. The molecule has 61 heavy (non-hydrogen) atoms. The first-order valence-electron chi connectivity index (χ1n) is 21.2. The van der Waals surface area contributed by atoms with E-state index in [2.05, 4.69) is 92.2 Å². The molecule has 0 spiro atoms. The molecule has 4 aliphatic rings. The quantitative estimate of drug-likeness (QED) is 0.112. The Morgan fingerprint density at radius 1 is 0.623 bits per heavy atom. The molecule has 0 aliphatic carbocycles. The second-order valence-corrected chi connectivity index (χ2v) is 16.4. The van der Waals surface area contributed by atoms with Gasteiger partial charge in [0.2, 0.25) is 11.8 Å². The maximum absolute atomic E-state index is 13.5. The van der Waals surface area contributed by atoms with Crippen molar-refractivity contribution in [2.24, 2.45) is 0 Å². The van der Waals surface area contributed by atoms with E-state index in [4.69, 9.17) is 19.4 Å². The van der Waals surface area contributed by atoms with Gasteiger partial charge in [0.15, 0.2) is 0 Å². The number of methoxy groups -OCH3 is 2. The number of anilines is 1. The van der Waals surface area contributed by atoms with Gasteiger partial charge in [-0.25, -0.2) is 19.6 Å². The van der Waals surface area contributed by atoms with Crippen molar-refractivity contribution in [1.29, 1.82) is 0 Å². The van der Waals surface area contributed by atoms with Crippen molar-refractivity contribution >= 4 is 29.7 Å². The fraction of sp³-hybridized carbons (Fsp3) is 0.391. The Morgan fingerprint density at radius 3 is 1.67 bits per heavy atom. The molecular weight excluding hydrogens is 775 g/mol. The highest BCUT2D eigenvalue weighted by Gasteiger charge is 2.47. The largest absolute Gasteiger partial charge is 0.453 e. The zero-order chi connectivity index (χ0) is 42.4. The van der Waals surface area contributed by atoms with Crippen molar-refractivity contribution in [3.63, 3.8) is 0 Å².